The Labute approximate surface area is 161 Å². The molecule has 0 fully saturated rings. The molecule has 1 heterocycles. The Hall–Kier alpha value is -2.39. The first-order chi connectivity index (χ1) is 13.3. The van der Waals surface area contributed by atoms with Crippen molar-refractivity contribution in [3.05, 3.63) is 82.7 Å². The van der Waals surface area contributed by atoms with Crippen molar-refractivity contribution in [2.45, 2.75) is 30.2 Å². The van der Waals surface area contributed by atoms with Gasteiger partial charge in [0.05, 0.1) is 24.1 Å². The quantitative estimate of drug-likeness (QED) is 0.455. The van der Waals surface area contributed by atoms with Gasteiger partial charge in [-0.25, -0.2) is 13.8 Å². The maximum atomic E-state index is 13.3. The van der Waals surface area contributed by atoms with E-state index in [1.807, 2.05) is 0 Å². The molecule has 148 valence electrons. The first-order valence-corrected chi connectivity index (χ1v) is 9.14. The monoisotopic (exact) mass is 414 g/mol. The predicted octanol–water partition coefficient (Wildman–Crippen LogP) is 5.01. The van der Waals surface area contributed by atoms with Crippen LogP contribution in [0.2, 0.25) is 0 Å². The van der Waals surface area contributed by atoms with Gasteiger partial charge in [0.2, 0.25) is 0 Å². The minimum absolute atomic E-state index is 0.0691. The van der Waals surface area contributed by atoms with Crippen LogP contribution in [0.4, 0.5) is 22.0 Å². The van der Waals surface area contributed by atoms with Gasteiger partial charge >= 0.3 is 6.18 Å². The Morgan fingerprint density at radius 2 is 1.71 bits per heavy atom. The standard InChI is InChI=1S/C19H15F5N2OS/c20-15-5-13(6-16(21)7-15)11-28-18-25-8-17(10-27)26(18)9-12-2-1-3-14(4-12)19(22,23)24/h1-8,27H,9-11H2. The fraction of sp³-hybridized carbons (Fsp3) is 0.211. The molecule has 0 bridgehead atoms. The molecule has 3 aromatic rings. The molecule has 1 aromatic heterocycles. The lowest BCUT2D eigenvalue weighted by Gasteiger charge is -2.13. The van der Waals surface area contributed by atoms with E-state index in [0.29, 0.717) is 22.0 Å². The van der Waals surface area contributed by atoms with Crippen LogP contribution >= 0.6 is 11.8 Å². The van der Waals surface area contributed by atoms with Gasteiger partial charge in [-0.2, -0.15) is 13.2 Å². The molecule has 0 radical (unpaired) electrons. The number of thioether (sulfide) groups is 1. The van der Waals surface area contributed by atoms with E-state index in [-0.39, 0.29) is 18.9 Å². The van der Waals surface area contributed by atoms with E-state index in [0.717, 1.165) is 18.2 Å². The molecule has 1 N–H and O–H groups in total. The SMILES string of the molecule is OCc1cnc(SCc2cc(F)cc(F)c2)n1Cc1cccc(C(F)(F)F)c1. The van der Waals surface area contributed by atoms with Crippen LogP contribution in [-0.2, 0) is 25.1 Å². The Morgan fingerprint density at radius 1 is 1.00 bits per heavy atom. The summed E-state index contributed by atoms with van der Waals surface area (Å²) in [6.07, 6.45) is -3.04. The molecule has 0 saturated heterocycles. The van der Waals surface area contributed by atoms with Gasteiger partial charge in [0.15, 0.2) is 5.16 Å². The number of hydrogen-bond donors (Lipinski definition) is 1. The zero-order chi connectivity index (χ0) is 20.3. The highest BCUT2D eigenvalue weighted by atomic mass is 32.2. The number of benzene rings is 2. The van der Waals surface area contributed by atoms with Crippen LogP contribution < -0.4 is 0 Å². The lowest BCUT2D eigenvalue weighted by Crippen LogP contribution is -2.09. The van der Waals surface area contributed by atoms with Gasteiger partial charge in [0.1, 0.15) is 11.6 Å². The Morgan fingerprint density at radius 3 is 2.36 bits per heavy atom. The number of rotatable bonds is 6. The van der Waals surface area contributed by atoms with Crippen LogP contribution in [0.25, 0.3) is 0 Å². The molecule has 0 unspecified atom stereocenters. The molecule has 0 aliphatic rings. The first-order valence-electron chi connectivity index (χ1n) is 8.15. The minimum atomic E-state index is -4.45. The van der Waals surface area contributed by atoms with Crippen molar-refractivity contribution in [2.24, 2.45) is 0 Å². The molecule has 0 aliphatic carbocycles. The number of hydrogen-bond acceptors (Lipinski definition) is 3. The summed E-state index contributed by atoms with van der Waals surface area (Å²) in [4.78, 5) is 4.17. The predicted molar refractivity (Wildman–Crippen MR) is 94.6 cm³/mol. The van der Waals surface area contributed by atoms with Gasteiger partial charge in [-0.3, -0.25) is 0 Å². The van der Waals surface area contributed by atoms with Gasteiger partial charge in [0, 0.05) is 18.4 Å². The largest absolute Gasteiger partial charge is 0.416 e. The van der Waals surface area contributed by atoms with E-state index in [4.69, 9.17) is 0 Å². The minimum Gasteiger partial charge on any atom is -0.390 e. The third kappa shape index (κ3) is 4.90. The fourth-order valence-corrected chi connectivity index (χ4v) is 3.60. The maximum absolute atomic E-state index is 13.3. The summed E-state index contributed by atoms with van der Waals surface area (Å²) in [5, 5.41) is 9.92. The highest BCUT2D eigenvalue weighted by Gasteiger charge is 2.30. The molecule has 9 heteroatoms. The van der Waals surface area contributed by atoms with Crippen LogP contribution in [0, 0.1) is 11.6 Å². The summed E-state index contributed by atoms with van der Waals surface area (Å²) in [6.45, 7) is -0.277. The van der Waals surface area contributed by atoms with Gasteiger partial charge in [-0.05, 0) is 35.4 Å². The van der Waals surface area contributed by atoms with E-state index in [9.17, 15) is 27.1 Å². The number of aliphatic hydroxyl groups is 1. The van der Waals surface area contributed by atoms with Gasteiger partial charge in [0.25, 0.3) is 0 Å². The number of nitrogens with zero attached hydrogens (tertiary/aromatic N) is 2. The number of aromatic nitrogens is 2. The van der Waals surface area contributed by atoms with Crippen molar-refractivity contribution < 1.29 is 27.1 Å². The fourth-order valence-electron chi connectivity index (χ4n) is 2.67. The van der Waals surface area contributed by atoms with Gasteiger partial charge < -0.3 is 9.67 Å². The molecule has 2 aromatic carbocycles. The summed E-state index contributed by atoms with van der Waals surface area (Å²) in [5.74, 6) is -1.18. The third-order valence-corrected chi connectivity index (χ3v) is 5.01. The number of imidazole rings is 1. The number of halogens is 5. The van der Waals surface area contributed by atoms with Crippen molar-refractivity contribution in [1.82, 2.24) is 9.55 Å². The van der Waals surface area contributed by atoms with Crippen LogP contribution in [0.3, 0.4) is 0 Å². The normalized spacial score (nSPS) is 11.8. The molecule has 3 nitrogen and oxygen atoms in total. The van der Waals surface area contributed by atoms with Crippen molar-refractivity contribution >= 4 is 11.8 Å². The van der Waals surface area contributed by atoms with Gasteiger partial charge in [-0.15, -0.1) is 0 Å². The first kappa shape index (κ1) is 20.3. The van der Waals surface area contributed by atoms with Crippen molar-refractivity contribution in [2.75, 3.05) is 0 Å². The van der Waals surface area contributed by atoms with Crippen molar-refractivity contribution in [3.63, 3.8) is 0 Å². The smallest absolute Gasteiger partial charge is 0.390 e. The summed E-state index contributed by atoms with van der Waals surface area (Å²) >= 11 is 1.17. The van der Waals surface area contributed by atoms with E-state index in [1.165, 1.54) is 36.2 Å². The average molecular weight is 414 g/mol. The Kier molecular flexibility index (Phi) is 6.04. The van der Waals surface area contributed by atoms with Crippen LogP contribution in [-0.4, -0.2) is 14.7 Å². The molecule has 0 atom stereocenters. The molecule has 0 spiro atoms. The van der Waals surface area contributed by atoms with E-state index >= 15 is 0 Å². The van der Waals surface area contributed by atoms with Crippen LogP contribution in [0.5, 0.6) is 0 Å². The summed E-state index contributed by atoms with van der Waals surface area (Å²) in [6, 6.07) is 8.05. The third-order valence-electron chi connectivity index (χ3n) is 3.95. The molecule has 3 rings (SSSR count). The lowest BCUT2D eigenvalue weighted by atomic mass is 10.1. The lowest BCUT2D eigenvalue weighted by molar-refractivity contribution is -0.137. The van der Waals surface area contributed by atoms with E-state index in [1.54, 1.807) is 10.6 Å². The van der Waals surface area contributed by atoms with E-state index < -0.39 is 23.4 Å². The number of aliphatic hydroxyl groups excluding tert-OH is 1. The highest BCUT2D eigenvalue weighted by molar-refractivity contribution is 7.98. The number of alkyl halides is 3. The average Bonchev–Trinajstić information content (AvgIpc) is 3.00. The second-order valence-electron chi connectivity index (χ2n) is 6.04. The molecule has 28 heavy (non-hydrogen) atoms. The zero-order valence-corrected chi connectivity index (χ0v) is 15.2. The molecule has 0 aliphatic heterocycles. The van der Waals surface area contributed by atoms with Crippen LogP contribution in [0.1, 0.15) is 22.4 Å². The Bertz CT molecular complexity index is 951. The topological polar surface area (TPSA) is 38.1 Å². The maximum Gasteiger partial charge on any atom is 0.416 e. The molecule has 0 amide bonds. The van der Waals surface area contributed by atoms with E-state index in [2.05, 4.69) is 4.98 Å². The molecular weight excluding hydrogens is 399 g/mol. The molecular formula is C19H15F5N2OS. The summed E-state index contributed by atoms with van der Waals surface area (Å²) in [5.41, 5.74) is 0.452. The summed E-state index contributed by atoms with van der Waals surface area (Å²) < 4.78 is 67.0. The summed E-state index contributed by atoms with van der Waals surface area (Å²) in [7, 11) is 0. The molecule has 0 saturated carbocycles. The van der Waals surface area contributed by atoms with Crippen molar-refractivity contribution in [1.29, 1.82) is 0 Å². The highest BCUT2D eigenvalue weighted by Crippen LogP contribution is 2.30. The Balaban J connectivity index is 1.83. The second-order valence-corrected chi connectivity index (χ2v) is 6.98. The van der Waals surface area contributed by atoms with Crippen LogP contribution in [0.15, 0.2) is 53.8 Å². The van der Waals surface area contributed by atoms with Crippen molar-refractivity contribution in [3.8, 4) is 0 Å². The second kappa shape index (κ2) is 8.32. The van der Waals surface area contributed by atoms with Gasteiger partial charge in [-0.1, -0.05) is 23.9 Å². The zero-order valence-electron chi connectivity index (χ0n) is 14.4.